The van der Waals surface area contributed by atoms with Gasteiger partial charge in [0.15, 0.2) is 0 Å². The van der Waals surface area contributed by atoms with Gasteiger partial charge in [-0.1, -0.05) is 6.92 Å². The summed E-state index contributed by atoms with van der Waals surface area (Å²) in [6, 6.07) is 2.00. The zero-order chi connectivity index (χ0) is 11.2. The fourth-order valence-electron chi connectivity index (χ4n) is 1.66. The zero-order valence-corrected chi connectivity index (χ0v) is 9.65. The quantitative estimate of drug-likeness (QED) is 0.827. The standard InChI is InChI=1S/C11H18N4O/c1-2-3-12-10-8-11(14-9-13-10)15-4-6-16-7-5-15/h8-9H,2-7H2,1H3,(H,12,13,14). The summed E-state index contributed by atoms with van der Waals surface area (Å²) in [5.41, 5.74) is 0. The van der Waals surface area contributed by atoms with Crippen LogP contribution in [0.2, 0.25) is 0 Å². The van der Waals surface area contributed by atoms with E-state index < -0.39 is 0 Å². The Hall–Kier alpha value is -1.36. The minimum atomic E-state index is 0.779. The van der Waals surface area contributed by atoms with Crippen molar-refractivity contribution in [2.24, 2.45) is 0 Å². The number of aromatic nitrogens is 2. The van der Waals surface area contributed by atoms with Crippen molar-refractivity contribution in [3.05, 3.63) is 12.4 Å². The summed E-state index contributed by atoms with van der Waals surface area (Å²) < 4.78 is 5.32. The topological polar surface area (TPSA) is 50.3 Å². The van der Waals surface area contributed by atoms with Gasteiger partial charge in [0.05, 0.1) is 13.2 Å². The molecule has 2 heterocycles. The molecule has 0 saturated carbocycles. The molecule has 0 spiro atoms. The molecule has 2 rings (SSSR count). The molecule has 1 saturated heterocycles. The third kappa shape index (κ3) is 2.82. The Balaban J connectivity index is 2.02. The monoisotopic (exact) mass is 222 g/mol. The van der Waals surface area contributed by atoms with Gasteiger partial charge in [-0.05, 0) is 6.42 Å². The lowest BCUT2D eigenvalue weighted by atomic mass is 10.4. The molecule has 0 radical (unpaired) electrons. The van der Waals surface area contributed by atoms with E-state index >= 15 is 0 Å². The van der Waals surface area contributed by atoms with Crippen LogP contribution in [0.4, 0.5) is 11.6 Å². The van der Waals surface area contributed by atoms with Gasteiger partial charge in [-0.2, -0.15) is 0 Å². The smallest absolute Gasteiger partial charge is 0.134 e. The molecule has 1 aliphatic heterocycles. The van der Waals surface area contributed by atoms with E-state index in [1.165, 1.54) is 0 Å². The van der Waals surface area contributed by atoms with Crippen LogP contribution in [0, 0.1) is 0 Å². The molecule has 1 N–H and O–H groups in total. The third-order valence-electron chi connectivity index (χ3n) is 2.54. The molecule has 1 aromatic heterocycles. The lowest BCUT2D eigenvalue weighted by Crippen LogP contribution is -2.36. The molecule has 0 aliphatic carbocycles. The van der Waals surface area contributed by atoms with Gasteiger partial charge in [-0.15, -0.1) is 0 Å². The fraction of sp³-hybridized carbons (Fsp3) is 0.636. The summed E-state index contributed by atoms with van der Waals surface area (Å²) in [6.07, 6.45) is 2.71. The number of hydrogen-bond donors (Lipinski definition) is 1. The number of ether oxygens (including phenoxy) is 1. The lowest BCUT2D eigenvalue weighted by Gasteiger charge is -2.27. The maximum atomic E-state index is 5.32. The van der Waals surface area contributed by atoms with Gasteiger partial charge in [-0.3, -0.25) is 0 Å². The van der Waals surface area contributed by atoms with Crippen molar-refractivity contribution in [2.45, 2.75) is 13.3 Å². The van der Waals surface area contributed by atoms with E-state index in [2.05, 4.69) is 27.1 Å². The van der Waals surface area contributed by atoms with Crippen LogP contribution in [-0.4, -0.2) is 42.8 Å². The number of nitrogens with one attached hydrogen (secondary N) is 1. The van der Waals surface area contributed by atoms with E-state index in [0.717, 1.165) is 50.9 Å². The van der Waals surface area contributed by atoms with E-state index in [9.17, 15) is 0 Å². The highest BCUT2D eigenvalue weighted by Gasteiger charge is 2.12. The highest BCUT2D eigenvalue weighted by atomic mass is 16.5. The molecule has 0 atom stereocenters. The Morgan fingerprint density at radius 3 is 2.94 bits per heavy atom. The summed E-state index contributed by atoms with van der Waals surface area (Å²) in [7, 11) is 0. The van der Waals surface area contributed by atoms with Gasteiger partial charge < -0.3 is 15.0 Å². The Bertz CT molecular complexity index is 326. The largest absolute Gasteiger partial charge is 0.378 e. The van der Waals surface area contributed by atoms with Crippen molar-refractivity contribution in [1.82, 2.24) is 9.97 Å². The molecular formula is C11H18N4O. The molecule has 5 nitrogen and oxygen atoms in total. The Morgan fingerprint density at radius 1 is 1.38 bits per heavy atom. The maximum absolute atomic E-state index is 5.32. The van der Waals surface area contributed by atoms with E-state index in [0.29, 0.717) is 0 Å². The van der Waals surface area contributed by atoms with Crippen LogP contribution >= 0.6 is 0 Å². The van der Waals surface area contributed by atoms with E-state index in [1.807, 2.05) is 6.07 Å². The van der Waals surface area contributed by atoms with Crippen molar-refractivity contribution in [1.29, 1.82) is 0 Å². The highest BCUT2D eigenvalue weighted by Crippen LogP contribution is 2.15. The summed E-state index contributed by atoms with van der Waals surface area (Å²) in [6.45, 7) is 6.45. The molecule has 0 amide bonds. The summed E-state index contributed by atoms with van der Waals surface area (Å²) in [5.74, 6) is 1.88. The van der Waals surface area contributed by atoms with Gasteiger partial charge in [0.25, 0.3) is 0 Å². The minimum absolute atomic E-state index is 0.779. The molecule has 16 heavy (non-hydrogen) atoms. The third-order valence-corrected chi connectivity index (χ3v) is 2.54. The summed E-state index contributed by atoms with van der Waals surface area (Å²) in [5, 5.41) is 3.26. The number of rotatable bonds is 4. The van der Waals surface area contributed by atoms with Gasteiger partial charge in [-0.25, -0.2) is 9.97 Å². The second kappa shape index (κ2) is 5.65. The summed E-state index contributed by atoms with van der Waals surface area (Å²) in [4.78, 5) is 10.7. The van der Waals surface area contributed by atoms with Crippen LogP contribution in [-0.2, 0) is 4.74 Å². The van der Waals surface area contributed by atoms with Crippen molar-refractivity contribution < 1.29 is 4.74 Å². The Kier molecular flexibility index (Phi) is 3.93. The van der Waals surface area contributed by atoms with Crippen molar-refractivity contribution in [3.8, 4) is 0 Å². The minimum Gasteiger partial charge on any atom is -0.378 e. The van der Waals surface area contributed by atoms with Crippen LogP contribution in [0.25, 0.3) is 0 Å². The number of anilines is 2. The first kappa shape index (κ1) is 11.1. The number of nitrogens with zero attached hydrogens (tertiary/aromatic N) is 3. The Morgan fingerprint density at radius 2 is 2.19 bits per heavy atom. The van der Waals surface area contributed by atoms with Crippen molar-refractivity contribution in [3.63, 3.8) is 0 Å². The first-order valence-electron chi connectivity index (χ1n) is 5.79. The Labute approximate surface area is 95.8 Å². The van der Waals surface area contributed by atoms with Gasteiger partial charge in [0, 0.05) is 25.7 Å². The highest BCUT2D eigenvalue weighted by molar-refractivity contribution is 5.48. The molecule has 0 aromatic carbocycles. The van der Waals surface area contributed by atoms with Crippen LogP contribution < -0.4 is 10.2 Å². The second-order valence-corrected chi connectivity index (χ2v) is 3.79. The number of morpholine rings is 1. The van der Waals surface area contributed by atoms with Crippen LogP contribution in [0.15, 0.2) is 12.4 Å². The normalized spacial score (nSPS) is 16.2. The lowest BCUT2D eigenvalue weighted by molar-refractivity contribution is 0.122. The van der Waals surface area contributed by atoms with E-state index in [-0.39, 0.29) is 0 Å². The molecule has 5 heteroatoms. The molecule has 1 aromatic rings. The number of hydrogen-bond acceptors (Lipinski definition) is 5. The fourth-order valence-corrected chi connectivity index (χ4v) is 1.66. The summed E-state index contributed by atoms with van der Waals surface area (Å²) >= 11 is 0. The van der Waals surface area contributed by atoms with Crippen molar-refractivity contribution in [2.75, 3.05) is 43.1 Å². The molecule has 1 aliphatic rings. The van der Waals surface area contributed by atoms with Gasteiger partial charge >= 0.3 is 0 Å². The molecule has 88 valence electrons. The first-order chi connectivity index (χ1) is 7.90. The van der Waals surface area contributed by atoms with Gasteiger partial charge in [0.1, 0.15) is 18.0 Å². The van der Waals surface area contributed by atoms with Crippen molar-refractivity contribution >= 4 is 11.6 Å². The molecular weight excluding hydrogens is 204 g/mol. The van der Waals surface area contributed by atoms with Gasteiger partial charge in [0.2, 0.25) is 0 Å². The first-order valence-corrected chi connectivity index (χ1v) is 5.79. The van der Waals surface area contributed by atoms with Crippen LogP contribution in [0.1, 0.15) is 13.3 Å². The average Bonchev–Trinajstić information content (AvgIpc) is 2.38. The predicted octanol–water partition coefficient (Wildman–Crippen LogP) is 1.14. The van der Waals surface area contributed by atoms with E-state index in [1.54, 1.807) is 6.33 Å². The predicted molar refractivity (Wildman–Crippen MR) is 63.8 cm³/mol. The zero-order valence-electron chi connectivity index (χ0n) is 9.65. The SMILES string of the molecule is CCCNc1cc(N2CCOCC2)ncn1. The average molecular weight is 222 g/mol. The molecule has 0 unspecified atom stereocenters. The maximum Gasteiger partial charge on any atom is 0.134 e. The second-order valence-electron chi connectivity index (χ2n) is 3.79. The molecule has 0 bridgehead atoms. The molecule has 1 fully saturated rings. The van der Waals surface area contributed by atoms with Crippen LogP contribution in [0.5, 0.6) is 0 Å². The van der Waals surface area contributed by atoms with E-state index in [4.69, 9.17) is 4.74 Å². The van der Waals surface area contributed by atoms with Crippen LogP contribution in [0.3, 0.4) is 0 Å².